The average molecular weight is 738 g/mol. The maximum absolute atomic E-state index is 14.5. The van der Waals surface area contributed by atoms with Gasteiger partial charge >= 0.3 is 18.2 Å². The monoisotopic (exact) mass is 737 g/mol. The van der Waals surface area contributed by atoms with E-state index >= 15 is 0 Å². The first-order valence-corrected chi connectivity index (χ1v) is 18.9. The third-order valence-corrected chi connectivity index (χ3v) is 10.3. The van der Waals surface area contributed by atoms with Crippen LogP contribution in [0.3, 0.4) is 0 Å². The van der Waals surface area contributed by atoms with Crippen LogP contribution in [-0.2, 0) is 41.7 Å². The van der Waals surface area contributed by atoms with Crippen molar-refractivity contribution in [2.24, 2.45) is 17.8 Å². The van der Waals surface area contributed by atoms with Crippen LogP contribution in [0.15, 0.2) is 37.4 Å². The second-order valence-corrected chi connectivity index (χ2v) is 15.4. The van der Waals surface area contributed by atoms with Gasteiger partial charge in [0.1, 0.15) is 17.2 Å². The van der Waals surface area contributed by atoms with Gasteiger partial charge in [0.2, 0.25) is 5.91 Å². The molecule has 0 aromatic heterocycles. The van der Waals surface area contributed by atoms with Crippen molar-refractivity contribution in [2.75, 3.05) is 19.8 Å². The number of benzene rings is 1. The van der Waals surface area contributed by atoms with E-state index in [1.807, 2.05) is 18.2 Å². The number of allylic oxidation sites excluding steroid dienone is 1. The number of nitrogens with zero attached hydrogens (tertiary/aromatic N) is 1. The summed E-state index contributed by atoms with van der Waals surface area (Å²) in [7, 11) is 0. The molecule has 4 aliphatic rings. The zero-order chi connectivity index (χ0) is 38.3. The molecule has 1 unspecified atom stereocenters. The number of amides is 3. The highest BCUT2D eigenvalue weighted by Crippen LogP contribution is 2.47. The summed E-state index contributed by atoms with van der Waals surface area (Å²) in [6, 6.07) is 2.82. The van der Waals surface area contributed by atoms with Crippen LogP contribution in [0, 0.1) is 17.8 Å². The first-order valence-electron chi connectivity index (χ1n) is 18.9. The van der Waals surface area contributed by atoms with Crippen LogP contribution in [-0.4, -0.2) is 77.9 Å². The summed E-state index contributed by atoms with van der Waals surface area (Å²) in [4.78, 5) is 69.9. The molecule has 2 aliphatic carbocycles. The molecule has 2 N–H and O–H groups in total. The number of rotatable bonds is 15. The normalized spacial score (nSPS) is 24.9. The highest BCUT2D eigenvalue weighted by Gasteiger charge is 2.62. The van der Waals surface area contributed by atoms with Gasteiger partial charge < -0.3 is 34.3 Å². The molecule has 2 saturated carbocycles. The maximum atomic E-state index is 14.5. The fourth-order valence-electron chi connectivity index (χ4n) is 7.53. The number of esters is 1. The van der Waals surface area contributed by atoms with Crippen LogP contribution in [0.1, 0.15) is 96.6 Å². The molecule has 0 radical (unpaired) electrons. The van der Waals surface area contributed by atoms with E-state index in [2.05, 4.69) is 23.8 Å². The van der Waals surface area contributed by atoms with Crippen molar-refractivity contribution in [1.29, 1.82) is 0 Å². The summed E-state index contributed by atoms with van der Waals surface area (Å²) in [5, 5.41) is 5.66. The lowest BCUT2D eigenvalue weighted by Crippen LogP contribution is -2.51. The predicted octanol–water partition coefficient (Wildman–Crippen LogP) is 5.92. The van der Waals surface area contributed by atoms with Crippen LogP contribution in [0.25, 0.3) is 0 Å². The van der Waals surface area contributed by atoms with Gasteiger partial charge in [-0.3, -0.25) is 14.5 Å². The van der Waals surface area contributed by atoms with Crippen molar-refractivity contribution >= 4 is 29.8 Å². The standard InChI is InChI=1S/C40H55N3O10/c1-7-10-11-12-13-15-31(41-37(47)53-39(4,5)6)33(44)28-20-27(21-29(28)35(45)42-40(22-26(40)8-2)36(46)49-9-3)52-38(48)43-23-25-16-17-32-34(30(25)24-43)51-19-14-18-50-32/h7-8,16-17,26-29,31H,1-2,9-15,18-24H2,3-6H3,(H,41,47)(H,42,45)/t26-,27+,28?,29-,31+,40-/m1/s1. The second-order valence-electron chi connectivity index (χ2n) is 15.4. The fraction of sp³-hybridized carbons (Fsp3) is 0.625. The number of nitrogens with one attached hydrogen (secondary N) is 2. The van der Waals surface area contributed by atoms with Gasteiger partial charge in [0.25, 0.3) is 0 Å². The Kier molecular flexibility index (Phi) is 12.8. The van der Waals surface area contributed by atoms with Crippen molar-refractivity contribution in [3.05, 3.63) is 48.6 Å². The van der Waals surface area contributed by atoms with E-state index in [0.717, 1.165) is 36.8 Å². The molecule has 13 heteroatoms. The second kappa shape index (κ2) is 17.1. The van der Waals surface area contributed by atoms with Crippen LogP contribution < -0.4 is 20.1 Å². The van der Waals surface area contributed by atoms with Crippen molar-refractivity contribution < 1.29 is 47.7 Å². The Bertz CT molecular complexity index is 1570. The molecule has 0 spiro atoms. The van der Waals surface area contributed by atoms with E-state index in [-0.39, 0.29) is 37.7 Å². The van der Waals surface area contributed by atoms with Gasteiger partial charge in [-0.1, -0.05) is 31.1 Å². The summed E-state index contributed by atoms with van der Waals surface area (Å²) in [6.45, 7) is 16.2. The highest BCUT2D eigenvalue weighted by atomic mass is 16.6. The van der Waals surface area contributed by atoms with Crippen molar-refractivity contribution in [3.63, 3.8) is 0 Å². The lowest BCUT2D eigenvalue weighted by Gasteiger charge is -2.27. The first-order chi connectivity index (χ1) is 25.3. The Morgan fingerprint density at radius 2 is 1.79 bits per heavy atom. The SMILES string of the molecule is C=CCCCCC[C@H](NC(=O)OC(C)(C)C)C(=O)C1C[C@H](OC(=O)N2Cc3ccc4c(c3C2)OCCCO4)C[C@H]1C(=O)N[C@]1(C(=O)OCC)C[C@H]1C=C. The molecular weight excluding hydrogens is 682 g/mol. The topological polar surface area (TPSA) is 159 Å². The fourth-order valence-corrected chi connectivity index (χ4v) is 7.53. The summed E-state index contributed by atoms with van der Waals surface area (Å²) in [5.74, 6) is -2.34. The molecule has 3 amide bonds. The predicted molar refractivity (Wildman–Crippen MR) is 195 cm³/mol. The number of Topliss-reactive ketones (excluding diaryl/α,β-unsaturated/α-hetero) is 1. The van der Waals surface area contributed by atoms with Gasteiger partial charge in [0.15, 0.2) is 17.3 Å². The lowest BCUT2D eigenvalue weighted by molar-refractivity contribution is -0.150. The van der Waals surface area contributed by atoms with E-state index in [1.165, 1.54) is 0 Å². The number of carbonyl (C=O) groups is 5. The van der Waals surface area contributed by atoms with Gasteiger partial charge in [-0.15, -0.1) is 13.2 Å². The number of fused-ring (bicyclic) bond motifs is 3. The van der Waals surface area contributed by atoms with Gasteiger partial charge in [-0.25, -0.2) is 14.4 Å². The molecule has 290 valence electrons. The van der Waals surface area contributed by atoms with Gasteiger partial charge in [0, 0.05) is 30.4 Å². The molecule has 53 heavy (non-hydrogen) atoms. The summed E-state index contributed by atoms with van der Waals surface area (Å²) in [6.07, 6.45) is 6.03. The molecular formula is C40H55N3O10. The van der Waals surface area contributed by atoms with Gasteiger partial charge in [0.05, 0.1) is 38.3 Å². The van der Waals surface area contributed by atoms with Gasteiger partial charge in [-0.2, -0.15) is 0 Å². The van der Waals surface area contributed by atoms with E-state index in [9.17, 15) is 24.0 Å². The third kappa shape index (κ3) is 9.52. The summed E-state index contributed by atoms with van der Waals surface area (Å²) < 4.78 is 28.7. The van der Waals surface area contributed by atoms with Crippen LogP contribution in [0.4, 0.5) is 9.59 Å². The van der Waals surface area contributed by atoms with E-state index in [4.69, 9.17) is 23.7 Å². The molecule has 13 nitrogen and oxygen atoms in total. The number of ketones is 1. The van der Waals surface area contributed by atoms with Crippen LogP contribution in [0.2, 0.25) is 0 Å². The minimum Gasteiger partial charge on any atom is -0.490 e. The quantitative estimate of drug-likeness (QED) is 0.0959. The van der Waals surface area contributed by atoms with E-state index in [1.54, 1.807) is 38.7 Å². The molecule has 2 fully saturated rings. The number of hydrogen-bond acceptors (Lipinski definition) is 10. The molecule has 2 heterocycles. The number of unbranched alkanes of at least 4 members (excludes halogenated alkanes) is 3. The lowest BCUT2D eigenvalue weighted by atomic mass is 9.85. The Morgan fingerprint density at radius 3 is 2.49 bits per heavy atom. The smallest absolute Gasteiger partial charge is 0.410 e. The van der Waals surface area contributed by atoms with E-state index < -0.39 is 59.2 Å². The first kappa shape index (κ1) is 39.7. The molecule has 1 aromatic rings. The van der Waals surface area contributed by atoms with E-state index in [0.29, 0.717) is 50.5 Å². The third-order valence-electron chi connectivity index (χ3n) is 10.3. The Balaban J connectivity index is 1.35. The molecule has 1 aromatic carbocycles. The van der Waals surface area contributed by atoms with Crippen molar-refractivity contribution in [3.8, 4) is 11.5 Å². The number of ether oxygens (including phenoxy) is 5. The Labute approximate surface area is 312 Å². The zero-order valence-corrected chi connectivity index (χ0v) is 31.5. The Morgan fingerprint density at radius 1 is 1.04 bits per heavy atom. The van der Waals surface area contributed by atoms with Crippen molar-refractivity contribution in [1.82, 2.24) is 15.5 Å². The number of alkyl carbamates (subject to hydrolysis) is 1. The number of hydrogen-bond donors (Lipinski definition) is 2. The van der Waals surface area contributed by atoms with Crippen LogP contribution >= 0.6 is 0 Å². The molecule has 5 rings (SSSR count). The van der Waals surface area contributed by atoms with Crippen molar-refractivity contribution in [2.45, 2.75) is 122 Å². The van der Waals surface area contributed by atoms with Gasteiger partial charge in [-0.05, 0) is 77.8 Å². The summed E-state index contributed by atoms with van der Waals surface area (Å²) >= 11 is 0. The summed E-state index contributed by atoms with van der Waals surface area (Å²) in [5.41, 5.74) is -0.274. The number of carbonyl (C=O) groups excluding carboxylic acids is 5. The molecule has 0 bridgehead atoms. The largest absolute Gasteiger partial charge is 0.490 e. The molecule has 0 saturated heterocycles. The zero-order valence-electron chi connectivity index (χ0n) is 31.5. The minimum absolute atomic E-state index is 0.0528. The molecule has 6 atom stereocenters. The highest BCUT2D eigenvalue weighted by molar-refractivity contribution is 5.97. The minimum atomic E-state index is -1.28. The Hall–Kier alpha value is -4.55. The average Bonchev–Trinajstić information content (AvgIpc) is 3.51. The van der Waals surface area contributed by atoms with Crippen LogP contribution in [0.5, 0.6) is 11.5 Å². The molecule has 2 aliphatic heterocycles. The maximum Gasteiger partial charge on any atom is 0.410 e.